The van der Waals surface area contributed by atoms with E-state index in [9.17, 15) is 14.7 Å². The van der Waals surface area contributed by atoms with Crippen LogP contribution in [-0.2, 0) is 16.1 Å². The molecule has 2 N–H and O–H groups in total. The molecule has 6 nitrogen and oxygen atoms in total. The first-order valence-corrected chi connectivity index (χ1v) is 7.64. The van der Waals surface area contributed by atoms with E-state index in [1.54, 1.807) is 24.3 Å². The van der Waals surface area contributed by atoms with Crippen molar-refractivity contribution in [1.29, 1.82) is 0 Å². The SMILES string of the molecule is C=CCOC(=O)N[C@@H](C(=O)O)c1ccc(OCc2ccccc2)cc1. The van der Waals surface area contributed by atoms with Crippen molar-refractivity contribution in [3.63, 3.8) is 0 Å². The summed E-state index contributed by atoms with van der Waals surface area (Å²) < 4.78 is 10.4. The molecule has 25 heavy (non-hydrogen) atoms. The highest BCUT2D eigenvalue weighted by Gasteiger charge is 2.22. The molecule has 2 rings (SSSR count). The average Bonchev–Trinajstić information content (AvgIpc) is 2.64. The fourth-order valence-electron chi connectivity index (χ4n) is 2.08. The van der Waals surface area contributed by atoms with Crippen LogP contribution in [-0.4, -0.2) is 23.8 Å². The molecule has 0 aromatic heterocycles. The normalized spacial score (nSPS) is 11.2. The lowest BCUT2D eigenvalue weighted by Crippen LogP contribution is -2.34. The van der Waals surface area contributed by atoms with Gasteiger partial charge in [-0.3, -0.25) is 0 Å². The predicted molar refractivity (Wildman–Crippen MR) is 92.3 cm³/mol. The molecule has 0 aliphatic carbocycles. The second kappa shape index (κ2) is 9.12. The molecule has 130 valence electrons. The highest BCUT2D eigenvalue weighted by molar-refractivity contribution is 5.81. The van der Waals surface area contributed by atoms with E-state index in [0.717, 1.165) is 5.56 Å². The van der Waals surface area contributed by atoms with Crippen molar-refractivity contribution in [2.75, 3.05) is 6.61 Å². The summed E-state index contributed by atoms with van der Waals surface area (Å²) in [4.78, 5) is 22.9. The lowest BCUT2D eigenvalue weighted by Gasteiger charge is -2.15. The van der Waals surface area contributed by atoms with Crippen molar-refractivity contribution in [3.8, 4) is 5.75 Å². The Morgan fingerprint density at radius 1 is 1.12 bits per heavy atom. The van der Waals surface area contributed by atoms with Gasteiger partial charge in [0.05, 0.1) is 0 Å². The summed E-state index contributed by atoms with van der Waals surface area (Å²) in [5, 5.41) is 11.6. The fourth-order valence-corrected chi connectivity index (χ4v) is 2.08. The maximum atomic E-state index is 11.5. The number of rotatable bonds is 8. The predicted octanol–water partition coefficient (Wildman–Crippen LogP) is 3.30. The van der Waals surface area contributed by atoms with Gasteiger partial charge >= 0.3 is 12.1 Å². The number of benzene rings is 2. The molecule has 0 radical (unpaired) electrons. The van der Waals surface area contributed by atoms with Gasteiger partial charge in [-0.1, -0.05) is 55.1 Å². The van der Waals surface area contributed by atoms with Crippen molar-refractivity contribution in [3.05, 3.63) is 78.4 Å². The Kier molecular flexibility index (Phi) is 6.59. The van der Waals surface area contributed by atoms with Gasteiger partial charge in [0.25, 0.3) is 0 Å². The third-order valence-electron chi connectivity index (χ3n) is 3.30. The van der Waals surface area contributed by atoms with Crippen LogP contribution in [0.1, 0.15) is 17.2 Å². The van der Waals surface area contributed by atoms with E-state index in [-0.39, 0.29) is 6.61 Å². The first kappa shape index (κ1) is 18.1. The monoisotopic (exact) mass is 341 g/mol. The van der Waals surface area contributed by atoms with Crippen molar-refractivity contribution in [1.82, 2.24) is 5.32 Å². The number of carboxylic acid groups (broad SMARTS) is 1. The maximum Gasteiger partial charge on any atom is 0.408 e. The Hall–Kier alpha value is -3.28. The van der Waals surface area contributed by atoms with E-state index in [4.69, 9.17) is 9.47 Å². The van der Waals surface area contributed by atoms with Crippen LogP contribution in [0.2, 0.25) is 0 Å². The number of carbonyl (C=O) groups excluding carboxylic acids is 1. The number of hydrogen-bond acceptors (Lipinski definition) is 4. The second-order valence-corrected chi connectivity index (χ2v) is 5.15. The fraction of sp³-hybridized carbons (Fsp3) is 0.158. The molecule has 1 atom stereocenters. The van der Waals surface area contributed by atoms with E-state index in [2.05, 4.69) is 11.9 Å². The minimum atomic E-state index is -1.21. The molecule has 0 saturated heterocycles. The molecule has 0 saturated carbocycles. The van der Waals surface area contributed by atoms with E-state index in [1.807, 2.05) is 30.3 Å². The zero-order chi connectivity index (χ0) is 18.1. The van der Waals surface area contributed by atoms with Crippen LogP contribution < -0.4 is 10.1 Å². The van der Waals surface area contributed by atoms with Crippen molar-refractivity contribution in [2.45, 2.75) is 12.6 Å². The van der Waals surface area contributed by atoms with Crippen LogP contribution in [0, 0.1) is 0 Å². The van der Waals surface area contributed by atoms with Crippen LogP contribution in [0.4, 0.5) is 4.79 Å². The molecule has 2 aromatic carbocycles. The molecule has 0 aliphatic rings. The minimum Gasteiger partial charge on any atom is -0.489 e. The molecule has 0 spiro atoms. The topological polar surface area (TPSA) is 84.9 Å². The average molecular weight is 341 g/mol. The number of aliphatic carboxylic acids is 1. The number of nitrogens with one attached hydrogen (secondary N) is 1. The number of ether oxygens (including phenoxy) is 2. The molecule has 0 aliphatic heterocycles. The van der Waals surface area contributed by atoms with Crippen LogP contribution >= 0.6 is 0 Å². The quantitative estimate of drug-likeness (QED) is 0.720. The van der Waals surface area contributed by atoms with E-state index in [1.165, 1.54) is 6.08 Å². The summed E-state index contributed by atoms with van der Waals surface area (Å²) in [5.74, 6) is -0.584. The molecule has 6 heteroatoms. The lowest BCUT2D eigenvalue weighted by atomic mass is 10.1. The molecule has 1 amide bonds. The third kappa shape index (κ3) is 5.69. The number of carboxylic acids is 1. The van der Waals surface area contributed by atoms with Gasteiger partial charge in [-0.2, -0.15) is 0 Å². The summed E-state index contributed by atoms with van der Waals surface area (Å²) in [6.45, 7) is 3.83. The molecule has 0 heterocycles. The third-order valence-corrected chi connectivity index (χ3v) is 3.30. The van der Waals surface area contributed by atoms with Crippen LogP contribution in [0.25, 0.3) is 0 Å². The largest absolute Gasteiger partial charge is 0.489 e. The summed E-state index contributed by atoms with van der Waals surface area (Å²) in [5.41, 5.74) is 1.44. The van der Waals surface area contributed by atoms with Gasteiger partial charge in [-0.15, -0.1) is 0 Å². The van der Waals surface area contributed by atoms with Crippen LogP contribution in [0.3, 0.4) is 0 Å². The molecule has 0 bridgehead atoms. The Labute approximate surface area is 145 Å². The standard InChI is InChI=1S/C19H19NO5/c1-2-12-24-19(23)20-17(18(21)22)15-8-10-16(11-9-15)25-13-14-6-4-3-5-7-14/h2-11,17H,1,12-13H2,(H,20,23)(H,21,22)/t17-/m1/s1. The van der Waals surface area contributed by atoms with Gasteiger partial charge in [0.2, 0.25) is 0 Å². The van der Waals surface area contributed by atoms with E-state index >= 15 is 0 Å². The van der Waals surface area contributed by atoms with Crippen LogP contribution in [0.5, 0.6) is 5.75 Å². The van der Waals surface area contributed by atoms with Gasteiger partial charge in [0, 0.05) is 0 Å². The minimum absolute atomic E-state index is 0.00440. The first-order valence-electron chi connectivity index (χ1n) is 7.64. The van der Waals surface area contributed by atoms with E-state index < -0.39 is 18.1 Å². The van der Waals surface area contributed by atoms with E-state index in [0.29, 0.717) is 17.9 Å². The summed E-state index contributed by atoms with van der Waals surface area (Å²) >= 11 is 0. The first-order chi connectivity index (χ1) is 12.1. The van der Waals surface area contributed by atoms with Gasteiger partial charge in [-0.25, -0.2) is 9.59 Å². The van der Waals surface area contributed by atoms with Gasteiger partial charge in [0.15, 0.2) is 6.04 Å². The van der Waals surface area contributed by atoms with Crippen molar-refractivity contribution in [2.24, 2.45) is 0 Å². The van der Waals surface area contributed by atoms with Gasteiger partial charge in [-0.05, 0) is 23.3 Å². The molecular weight excluding hydrogens is 322 g/mol. The lowest BCUT2D eigenvalue weighted by molar-refractivity contribution is -0.139. The molecule has 0 unspecified atom stereocenters. The zero-order valence-electron chi connectivity index (χ0n) is 13.6. The summed E-state index contributed by atoms with van der Waals surface area (Å²) in [7, 11) is 0. The molecule has 2 aromatic rings. The highest BCUT2D eigenvalue weighted by Crippen LogP contribution is 2.19. The highest BCUT2D eigenvalue weighted by atomic mass is 16.5. The van der Waals surface area contributed by atoms with Crippen molar-refractivity contribution >= 4 is 12.1 Å². The van der Waals surface area contributed by atoms with Gasteiger partial charge in [0.1, 0.15) is 19.0 Å². The summed E-state index contributed by atoms with van der Waals surface area (Å²) in [6.07, 6.45) is 0.575. The number of alkyl carbamates (subject to hydrolysis) is 1. The Bertz CT molecular complexity index is 712. The number of carbonyl (C=O) groups is 2. The smallest absolute Gasteiger partial charge is 0.408 e. The summed E-state index contributed by atoms with van der Waals surface area (Å²) in [6, 6.07) is 15.0. The van der Waals surface area contributed by atoms with Gasteiger partial charge < -0.3 is 19.9 Å². The zero-order valence-corrected chi connectivity index (χ0v) is 13.6. The van der Waals surface area contributed by atoms with Crippen LogP contribution in [0.15, 0.2) is 67.3 Å². The molecule has 0 fully saturated rings. The Morgan fingerprint density at radius 2 is 1.80 bits per heavy atom. The number of amides is 1. The van der Waals surface area contributed by atoms with Crippen molar-refractivity contribution < 1.29 is 24.2 Å². The molecular formula is C19H19NO5. The Morgan fingerprint density at radius 3 is 2.40 bits per heavy atom. The maximum absolute atomic E-state index is 11.5. The second-order valence-electron chi connectivity index (χ2n) is 5.15. The number of hydrogen-bond donors (Lipinski definition) is 2. The Balaban J connectivity index is 1.99.